The molecule has 39 heavy (non-hydrogen) atoms. The molecule has 11 heteroatoms. The van der Waals surface area contributed by atoms with Crippen LogP contribution in [0.2, 0.25) is 0 Å². The lowest BCUT2D eigenvalue weighted by molar-refractivity contribution is 0.0919. The summed E-state index contributed by atoms with van der Waals surface area (Å²) in [5.41, 5.74) is 0.0323. The fourth-order valence-corrected chi connectivity index (χ4v) is 5.55. The van der Waals surface area contributed by atoms with Gasteiger partial charge in [-0.05, 0) is 73.9 Å². The molecular formula is C28H27FN4O5S. The molecule has 1 aliphatic rings. The van der Waals surface area contributed by atoms with E-state index in [0.717, 1.165) is 17.2 Å². The van der Waals surface area contributed by atoms with Crippen LogP contribution >= 0.6 is 11.8 Å². The highest BCUT2D eigenvalue weighted by Crippen LogP contribution is 2.29. The summed E-state index contributed by atoms with van der Waals surface area (Å²) >= 11 is 1.51. The monoisotopic (exact) mass is 550 g/mol. The van der Waals surface area contributed by atoms with Gasteiger partial charge >= 0.3 is 5.69 Å². The lowest BCUT2D eigenvalue weighted by atomic mass is 9.90. The number of phenolic OH excluding ortho intramolecular Hbond substituents is 1. The van der Waals surface area contributed by atoms with Crippen molar-refractivity contribution < 1.29 is 19.4 Å². The molecule has 9 nitrogen and oxygen atoms in total. The Labute approximate surface area is 226 Å². The molecular weight excluding hydrogens is 523 g/mol. The van der Waals surface area contributed by atoms with E-state index in [1.54, 1.807) is 12.1 Å². The first-order valence-corrected chi connectivity index (χ1v) is 13.7. The van der Waals surface area contributed by atoms with Crippen molar-refractivity contribution in [3.05, 3.63) is 92.5 Å². The second-order valence-electron chi connectivity index (χ2n) is 9.51. The Balaban J connectivity index is 1.45. The van der Waals surface area contributed by atoms with Gasteiger partial charge in [0.05, 0.1) is 29.4 Å². The zero-order valence-corrected chi connectivity index (χ0v) is 21.9. The van der Waals surface area contributed by atoms with Crippen molar-refractivity contribution in [3.8, 4) is 11.4 Å². The molecule has 0 spiro atoms. The number of hydrogen-bond acceptors (Lipinski definition) is 7. The topological polar surface area (TPSA) is 126 Å². The van der Waals surface area contributed by atoms with Gasteiger partial charge in [-0.1, -0.05) is 12.1 Å². The van der Waals surface area contributed by atoms with E-state index in [-0.39, 0.29) is 35.0 Å². The lowest BCUT2D eigenvalue weighted by Crippen LogP contribution is -2.45. The van der Waals surface area contributed by atoms with Crippen molar-refractivity contribution in [2.75, 3.05) is 6.26 Å². The number of hydrogen-bond donors (Lipinski definition) is 3. The zero-order valence-electron chi connectivity index (χ0n) is 21.1. The van der Waals surface area contributed by atoms with Gasteiger partial charge in [-0.3, -0.25) is 14.2 Å². The average Bonchev–Trinajstić information content (AvgIpc) is 2.94. The number of amides is 1. The van der Waals surface area contributed by atoms with E-state index in [2.05, 4.69) is 10.3 Å². The van der Waals surface area contributed by atoms with Gasteiger partial charge in [-0.2, -0.15) is 0 Å². The van der Waals surface area contributed by atoms with Gasteiger partial charge < -0.3 is 15.5 Å². The largest absolute Gasteiger partial charge is 0.507 e. The van der Waals surface area contributed by atoms with Crippen LogP contribution in [0.15, 0.2) is 69.2 Å². The van der Waals surface area contributed by atoms with Gasteiger partial charge in [-0.25, -0.2) is 18.7 Å². The highest BCUT2D eigenvalue weighted by atomic mass is 32.2. The van der Waals surface area contributed by atoms with Crippen molar-refractivity contribution in [2.45, 2.75) is 49.3 Å². The molecule has 2 heterocycles. The quantitative estimate of drug-likeness (QED) is 0.314. The molecule has 0 aliphatic heterocycles. The van der Waals surface area contributed by atoms with Crippen LogP contribution in [0.1, 0.15) is 47.6 Å². The van der Waals surface area contributed by atoms with E-state index in [1.807, 2.05) is 18.4 Å². The SMILES string of the molecule is CSc1cccc(-n2c(=O)n(C3CCC(NC(=O)c4cc(CO)ccc4O)CC3)c(=O)c3cc(F)cnc32)c1. The van der Waals surface area contributed by atoms with E-state index in [1.165, 1.54) is 39.1 Å². The van der Waals surface area contributed by atoms with Crippen molar-refractivity contribution >= 4 is 28.7 Å². The third-order valence-electron chi connectivity index (χ3n) is 7.09. The molecule has 0 radical (unpaired) electrons. The number of aromatic nitrogens is 3. The molecule has 1 saturated carbocycles. The van der Waals surface area contributed by atoms with Crippen LogP contribution < -0.4 is 16.6 Å². The summed E-state index contributed by atoms with van der Waals surface area (Å²) in [4.78, 5) is 45.1. The molecule has 3 N–H and O–H groups in total. The maximum atomic E-state index is 14.2. The molecule has 2 aromatic carbocycles. The molecule has 1 aliphatic carbocycles. The molecule has 4 aromatic rings. The van der Waals surface area contributed by atoms with Crippen LogP contribution in [0.5, 0.6) is 5.75 Å². The molecule has 0 atom stereocenters. The predicted octanol–water partition coefficient (Wildman–Crippen LogP) is 3.52. The Bertz CT molecular complexity index is 1680. The molecule has 0 unspecified atom stereocenters. The van der Waals surface area contributed by atoms with Gasteiger partial charge in [0.15, 0.2) is 5.65 Å². The lowest BCUT2D eigenvalue weighted by Gasteiger charge is -2.30. The number of nitrogens with one attached hydrogen (secondary N) is 1. The first kappa shape index (κ1) is 26.6. The molecule has 0 saturated heterocycles. The third-order valence-corrected chi connectivity index (χ3v) is 7.81. The number of aliphatic hydroxyl groups excluding tert-OH is 1. The number of halogens is 1. The van der Waals surface area contributed by atoms with Crippen molar-refractivity contribution in [1.82, 2.24) is 19.4 Å². The first-order valence-electron chi connectivity index (χ1n) is 12.5. The van der Waals surface area contributed by atoms with Crippen LogP contribution in [0.3, 0.4) is 0 Å². The Morgan fingerprint density at radius 2 is 1.90 bits per heavy atom. The fourth-order valence-electron chi connectivity index (χ4n) is 5.09. The van der Waals surface area contributed by atoms with Gasteiger partial charge in [0, 0.05) is 17.0 Å². The number of thioether (sulfide) groups is 1. The molecule has 0 bridgehead atoms. The number of pyridine rings is 1. The Kier molecular flexibility index (Phi) is 7.53. The maximum absolute atomic E-state index is 14.2. The normalized spacial score (nSPS) is 17.3. The summed E-state index contributed by atoms with van der Waals surface area (Å²) in [5.74, 6) is -1.33. The van der Waals surface area contributed by atoms with E-state index in [9.17, 15) is 29.0 Å². The second kappa shape index (κ2) is 11.0. The van der Waals surface area contributed by atoms with Crippen LogP contribution in [-0.2, 0) is 6.61 Å². The molecule has 1 amide bonds. The molecule has 1 fully saturated rings. The van der Waals surface area contributed by atoms with Crippen LogP contribution in [0.4, 0.5) is 4.39 Å². The molecule has 2 aromatic heterocycles. The van der Waals surface area contributed by atoms with E-state index < -0.39 is 29.0 Å². The number of benzene rings is 2. The number of aromatic hydroxyl groups is 1. The zero-order chi connectivity index (χ0) is 27.7. The Hall–Kier alpha value is -3.96. The minimum Gasteiger partial charge on any atom is -0.507 e. The van der Waals surface area contributed by atoms with Gasteiger partial charge in [0.1, 0.15) is 11.6 Å². The van der Waals surface area contributed by atoms with E-state index in [4.69, 9.17) is 0 Å². The number of rotatable bonds is 6. The van der Waals surface area contributed by atoms with Crippen LogP contribution in [0.25, 0.3) is 16.7 Å². The smallest absolute Gasteiger partial charge is 0.337 e. The Morgan fingerprint density at radius 3 is 2.62 bits per heavy atom. The van der Waals surface area contributed by atoms with Crippen LogP contribution in [0, 0.1) is 5.82 Å². The molecule has 202 valence electrons. The van der Waals surface area contributed by atoms with Gasteiger partial charge in [0.2, 0.25) is 0 Å². The summed E-state index contributed by atoms with van der Waals surface area (Å²) in [5, 5.41) is 22.3. The summed E-state index contributed by atoms with van der Waals surface area (Å²) in [6, 6.07) is 12.0. The molecule has 5 rings (SSSR count). The minimum absolute atomic E-state index is 0.0128. The summed E-state index contributed by atoms with van der Waals surface area (Å²) in [6.07, 6.45) is 4.75. The van der Waals surface area contributed by atoms with Gasteiger partial charge in [0.25, 0.3) is 11.5 Å². The second-order valence-corrected chi connectivity index (χ2v) is 10.4. The predicted molar refractivity (Wildman–Crippen MR) is 146 cm³/mol. The van der Waals surface area contributed by atoms with Crippen molar-refractivity contribution in [1.29, 1.82) is 0 Å². The van der Waals surface area contributed by atoms with Crippen molar-refractivity contribution in [3.63, 3.8) is 0 Å². The third kappa shape index (κ3) is 5.19. The van der Waals surface area contributed by atoms with E-state index in [0.29, 0.717) is 36.9 Å². The number of aliphatic hydroxyl groups is 1. The first-order chi connectivity index (χ1) is 18.8. The summed E-state index contributed by atoms with van der Waals surface area (Å²) in [6.45, 7) is -0.259. The minimum atomic E-state index is -0.672. The standard InChI is InChI=1S/C28H27FN4O5S/c1-39-21-4-2-3-20(13-21)32-25-23(12-17(29)14-30-25)27(37)33(28(32)38)19-8-6-18(7-9-19)31-26(36)22-11-16(15-34)5-10-24(22)35/h2-5,10-14,18-19,34-35H,6-9,15H2,1H3,(H,31,36). The highest BCUT2D eigenvalue weighted by Gasteiger charge is 2.28. The highest BCUT2D eigenvalue weighted by molar-refractivity contribution is 7.98. The van der Waals surface area contributed by atoms with E-state index >= 15 is 0 Å². The van der Waals surface area contributed by atoms with Crippen molar-refractivity contribution in [2.24, 2.45) is 0 Å². The number of phenols is 1. The number of nitrogens with zero attached hydrogens (tertiary/aromatic N) is 3. The maximum Gasteiger partial charge on any atom is 0.337 e. The summed E-state index contributed by atoms with van der Waals surface area (Å²) in [7, 11) is 0. The Morgan fingerprint density at radius 1 is 1.13 bits per heavy atom. The number of fused-ring (bicyclic) bond motifs is 1. The average molecular weight is 551 g/mol. The van der Waals surface area contributed by atoms with Gasteiger partial charge in [-0.15, -0.1) is 11.8 Å². The summed E-state index contributed by atoms with van der Waals surface area (Å²) < 4.78 is 16.7. The van der Waals surface area contributed by atoms with Crippen LogP contribution in [-0.4, -0.2) is 42.5 Å². The number of carbonyl (C=O) groups is 1. The number of carbonyl (C=O) groups excluding carboxylic acids is 1. The fraction of sp³-hybridized carbons (Fsp3) is 0.286.